The fourth-order valence-electron chi connectivity index (χ4n) is 1.47. The fraction of sp³-hybridized carbons (Fsp3) is 0.417. The number of nitrogens with one attached hydrogen (secondary N) is 1. The average molecular weight is 188 g/mol. The Bertz CT molecular complexity index is 337. The molecule has 0 unspecified atom stereocenters. The van der Waals surface area contributed by atoms with Crippen molar-refractivity contribution in [1.82, 2.24) is 0 Å². The highest BCUT2D eigenvalue weighted by molar-refractivity contribution is 5.51. The predicted octanol–water partition coefficient (Wildman–Crippen LogP) is 2.88. The third-order valence-corrected chi connectivity index (χ3v) is 2.18. The van der Waals surface area contributed by atoms with Crippen LogP contribution in [0.15, 0.2) is 18.2 Å². The molecule has 0 amide bonds. The number of hydrogen-bond acceptors (Lipinski definition) is 2. The van der Waals surface area contributed by atoms with Crippen LogP contribution in [0.5, 0.6) is 0 Å². The number of anilines is 1. The average Bonchev–Trinajstić information content (AvgIpc) is 2.19. The van der Waals surface area contributed by atoms with Crippen LogP contribution in [0.1, 0.15) is 24.5 Å². The van der Waals surface area contributed by atoms with E-state index >= 15 is 0 Å². The SMILES string of the molecule is CCNc1ccc(CCC#N)cc1C. The highest BCUT2D eigenvalue weighted by atomic mass is 14.9. The molecule has 0 heterocycles. The van der Waals surface area contributed by atoms with Gasteiger partial charge in [-0.1, -0.05) is 12.1 Å². The lowest BCUT2D eigenvalue weighted by atomic mass is 10.1. The second kappa shape index (κ2) is 5.29. The van der Waals surface area contributed by atoms with E-state index in [1.807, 2.05) is 0 Å². The van der Waals surface area contributed by atoms with Crippen LogP contribution in [0.2, 0.25) is 0 Å². The molecule has 0 saturated heterocycles. The summed E-state index contributed by atoms with van der Waals surface area (Å²) < 4.78 is 0. The van der Waals surface area contributed by atoms with E-state index in [0.29, 0.717) is 6.42 Å². The van der Waals surface area contributed by atoms with Crippen LogP contribution < -0.4 is 5.32 Å². The Balaban J connectivity index is 2.74. The first-order chi connectivity index (χ1) is 6.77. The van der Waals surface area contributed by atoms with Gasteiger partial charge in [-0.2, -0.15) is 5.26 Å². The minimum atomic E-state index is 0.597. The van der Waals surface area contributed by atoms with Crippen molar-refractivity contribution in [3.63, 3.8) is 0 Å². The molecule has 0 spiro atoms. The zero-order chi connectivity index (χ0) is 10.4. The number of hydrogen-bond donors (Lipinski definition) is 1. The molecular weight excluding hydrogens is 172 g/mol. The maximum Gasteiger partial charge on any atom is 0.0625 e. The largest absolute Gasteiger partial charge is 0.385 e. The molecule has 1 aromatic rings. The van der Waals surface area contributed by atoms with Crippen LogP contribution in [-0.4, -0.2) is 6.54 Å². The summed E-state index contributed by atoms with van der Waals surface area (Å²) in [7, 11) is 0. The zero-order valence-electron chi connectivity index (χ0n) is 8.80. The lowest BCUT2D eigenvalue weighted by molar-refractivity contribution is 1.01. The monoisotopic (exact) mass is 188 g/mol. The second-order valence-corrected chi connectivity index (χ2v) is 3.34. The van der Waals surface area contributed by atoms with Gasteiger partial charge in [0.15, 0.2) is 0 Å². The van der Waals surface area contributed by atoms with Crippen LogP contribution in [0.25, 0.3) is 0 Å². The lowest BCUT2D eigenvalue weighted by Gasteiger charge is -2.08. The van der Waals surface area contributed by atoms with Gasteiger partial charge < -0.3 is 5.32 Å². The van der Waals surface area contributed by atoms with Gasteiger partial charge >= 0.3 is 0 Å². The third kappa shape index (κ3) is 2.77. The first-order valence-corrected chi connectivity index (χ1v) is 4.98. The molecule has 0 aliphatic rings. The van der Waals surface area contributed by atoms with Crippen molar-refractivity contribution in [3.05, 3.63) is 29.3 Å². The van der Waals surface area contributed by atoms with Crippen LogP contribution >= 0.6 is 0 Å². The van der Waals surface area contributed by atoms with E-state index in [0.717, 1.165) is 13.0 Å². The maximum absolute atomic E-state index is 8.47. The first-order valence-electron chi connectivity index (χ1n) is 4.98. The summed E-state index contributed by atoms with van der Waals surface area (Å²) in [6, 6.07) is 8.48. The zero-order valence-corrected chi connectivity index (χ0v) is 8.80. The number of benzene rings is 1. The van der Waals surface area contributed by atoms with Crippen molar-refractivity contribution in [1.29, 1.82) is 5.26 Å². The molecule has 14 heavy (non-hydrogen) atoms. The van der Waals surface area contributed by atoms with E-state index in [-0.39, 0.29) is 0 Å². The second-order valence-electron chi connectivity index (χ2n) is 3.34. The highest BCUT2D eigenvalue weighted by Gasteiger charge is 1.98. The van der Waals surface area contributed by atoms with Crippen LogP contribution in [-0.2, 0) is 6.42 Å². The molecule has 1 rings (SSSR count). The Kier molecular flexibility index (Phi) is 4.00. The van der Waals surface area contributed by atoms with Gasteiger partial charge in [0.05, 0.1) is 6.07 Å². The lowest BCUT2D eigenvalue weighted by Crippen LogP contribution is -1.99. The van der Waals surface area contributed by atoms with E-state index < -0.39 is 0 Å². The van der Waals surface area contributed by atoms with Crippen molar-refractivity contribution < 1.29 is 0 Å². The van der Waals surface area contributed by atoms with Gasteiger partial charge in [0, 0.05) is 18.7 Å². The Labute approximate surface area is 85.6 Å². The molecule has 0 aliphatic carbocycles. The molecular formula is C12H16N2. The van der Waals surface area contributed by atoms with Gasteiger partial charge in [-0.15, -0.1) is 0 Å². The Morgan fingerprint density at radius 1 is 1.43 bits per heavy atom. The van der Waals surface area contributed by atoms with Crippen molar-refractivity contribution in [2.24, 2.45) is 0 Å². The molecule has 0 aliphatic heterocycles. The third-order valence-electron chi connectivity index (χ3n) is 2.18. The quantitative estimate of drug-likeness (QED) is 0.788. The van der Waals surface area contributed by atoms with Gasteiger partial charge in [0.25, 0.3) is 0 Å². The Hall–Kier alpha value is -1.49. The smallest absolute Gasteiger partial charge is 0.0625 e. The molecule has 2 heteroatoms. The molecule has 1 aromatic carbocycles. The minimum absolute atomic E-state index is 0.597. The van der Waals surface area contributed by atoms with Crippen molar-refractivity contribution in [2.45, 2.75) is 26.7 Å². The Morgan fingerprint density at radius 3 is 2.79 bits per heavy atom. The topological polar surface area (TPSA) is 35.8 Å². The normalized spacial score (nSPS) is 9.50. The minimum Gasteiger partial charge on any atom is -0.385 e. The van der Waals surface area contributed by atoms with E-state index in [9.17, 15) is 0 Å². The summed E-state index contributed by atoms with van der Waals surface area (Å²) in [6.45, 7) is 5.12. The summed E-state index contributed by atoms with van der Waals surface area (Å²) in [6.07, 6.45) is 1.45. The standard InChI is InChI=1S/C12H16N2/c1-3-14-12-7-6-11(5-4-8-13)9-10(12)2/h6-7,9,14H,3-5H2,1-2H3. The van der Waals surface area contributed by atoms with Crippen LogP contribution in [0, 0.1) is 18.3 Å². The fourth-order valence-corrected chi connectivity index (χ4v) is 1.47. The molecule has 0 atom stereocenters. The summed E-state index contributed by atoms with van der Waals surface area (Å²) in [4.78, 5) is 0. The number of rotatable bonds is 4. The highest BCUT2D eigenvalue weighted by Crippen LogP contribution is 2.16. The van der Waals surface area contributed by atoms with Gasteiger partial charge in [-0.25, -0.2) is 0 Å². The molecule has 74 valence electrons. The van der Waals surface area contributed by atoms with E-state index in [4.69, 9.17) is 5.26 Å². The van der Waals surface area contributed by atoms with Gasteiger partial charge in [0.1, 0.15) is 0 Å². The predicted molar refractivity (Wildman–Crippen MR) is 59.3 cm³/mol. The molecule has 2 nitrogen and oxygen atoms in total. The molecule has 0 bridgehead atoms. The van der Waals surface area contributed by atoms with E-state index in [1.165, 1.54) is 16.8 Å². The number of nitriles is 1. The molecule has 0 aromatic heterocycles. The molecule has 0 saturated carbocycles. The molecule has 0 fully saturated rings. The number of nitrogens with zero attached hydrogens (tertiary/aromatic N) is 1. The van der Waals surface area contributed by atoms with Crippen molar-refractivity contribution >= 4 is 5.69 Å². The Morgan fingerprint density at radius 2 is 2.21 bits per heavy atom. The van der Waals surface area contributed by atoms with Crippen LogP contribution in [0.4, 0.5) is 5.69 Å². The summed E-state index contributed by atoms with van der Waals surface area (Å²) in [5, 5.41) is 11.8. The number of aryl methyl sites for hydroxylation is 2. The molecule has 1 N–H and O–H groups in total. The van der Waals surface area contributed by atoms with Gasteiger partial charge in [-0.05, 0) is 37.5 Å². The summed E-state index contributed by atoms with van der Waals surface area (Å²) >= 11 is 0. The van der Waals surface area contributed by atoms with Crippen LogP contribution in [0.3, 0.4) is 0 Å². The summed E-state index contributed by atoms with van der Waals surface area (Å²) in [5.41, 5.74) is 3.68. The van der Waals surface area contributed by atoms with E-state index in [1.54, 1.807) is 0 Å². The maximum atomic E-state index is 8.47. The van der Waals surface area contributed by atoms with Crippen molar-refractivity contribution in [3.8, 4) is 6.07 Å². The summed E-state index contributed by atoms with van der Waals surface area (Å²) in [5.74, 6) is 0. The molecule has 0 radical (unpaired) electrons. The van der Waals surface area contributed by atoms with Gasteiger partial charge in [0.2, 0.25) is 0 Å². The van der Waals surface area contributed by atoms with E-state index in [2.05, 4.69) is 43.4 Å². The van der Waals surface area contributed by atoms with Gasteiger partial charge in [-0.3, -0.25) is 0 Å². The first kappa shape index (κ1) is 10.6. The van der Waals surface area contributed by atoms with Crippen molar-refractivity contribution in [2.75, 3.05) is 11.9 Å².